The Labute approximate surface area is 341 Å². The lowest BCUT2D eigenvalue weighted by Gasteiger charge is -2.10. The predicted molar refractivity (Wildman–Crippen MR) is 226 cm³/mol. The number of nitrogens with zero attached hydrogens (tertiary/aromatic N) is 6. The predicted octanol–water partition coefficient (Wildman–Crippen LogP) is 8.70. The topological polar surface area (TPSA) is 170 Å². The third-order valence-electron chi connectivity index (χ3n) is 7.73. The quantitative estimate of drug-likeness (QED) is 0.0452. The van der Waals surface area contributed by atoms with E-state index in [0.717, 1.165) is 39.6 Å². The first kappa shape index (κ1) is 42.2. The van der Waals surface area contributed by atoms with Crippen LogP contribution in [0.25, 0.3) is 22.5 Å². The van der Waals surface area contributed by atoms with Gasteiger partial charge in [0.15, 0.2) is 0 Å². The van der Waals surface area contributed by atoms with Gasteiger partial charge in [-0.2, -0.15) is 0 Å². The van der Waals surface area contributed by atoms with E-state index in [9.17, 15) is 4.79 Å². The van der Waals surface area contributed by atoms with Crippen LogP contribution in [0.5, 0.6) is 0 Å². The smallest absolute Gasteiger partial charge is 0.305 e. The molecule has 0 saturated heterocycles. The third-order valence-corrected chi connectivity index (χ3v) is 8.20. The highest BCUT2D eigenvalue weighted by Crippen LogP contribution is 2.25. The second kappa shape index (κ2) is 23.2. The summed E-state index contributed by atoms with van der Waals surface area (Å²) in [4.78, 5) is 37.7. The van der Waals surface area contributed by atoms with Gasteiger partial charge in [0, 0.05) is 84.0 Å². The number of halogens is 2. The summed E-state index contributed by atoms with van der Waals surface area (Å²) in [6.07, 6.45) is 14.8. The first-order valence-electron chi connectivity index (χ1n) is 18.2. The van der Waals surface area contributed by atoms with Crippen molar-refractivity contribution < 1.29 is 19.0 Å². The van der Waals surface area contributed by atoms with Crippen LogP contribution in [0.15, 0.2) is 110 Å². The minimum atomic E-state index is -0.180. The average molecular weight is 812 g/mol. The minimum absolute atomic E-state index is 0.180. The summed E-state index contributed by atoms with van der Waals surface area (Å²) in [7, 11) is 1.65. The van der Waals surface area contributed by atoms with Gasteiger partial charge < -0.3 is 35.5 Å². The van der Waals surface area contributed by atoms with Crippen molar-refractivity contribution in [1.29, 1.82) is 0 Å². The lowest BCUT2D eigenvalue weighted by atomic mass is 10.2. The summed E-state index contributed by atoms with van der Waals surface area (Å²) in [6.45, 7) is 5.29. The van der Waals surface area contributed by atoms with Gasteiger partial charge in [-0.3, -0.25) is 24.7 Å². The van der Waals surface area contributed by atoms with Crippen LogP contribution in [0.2, 0.25) is 10.0 Å². The van der Waals surface area contributed by atoms with Gasteiger partial charge in [-0.25, -0.2) is 9.97 Å². The summed E-state index contributed by atoms with van der Waals surface area (Å²) in [5.41, 5.74) is 6.54. The molecule has 4 N–H and O–H groups in total. The van der Waals surface area contributed by atoms with Crippen molar-refractivity contribution in [2.45, 2.75) is 19.8 Å². The molecular weight excluding hydrogens is 767 g/mol. The summed E-state index contributed by atoms with van der Waals surface area (Å²) < 4.78 is 15.3. The molecule has 14 nitrogen and oxygen atoms in total. The molecule has 57 heavy (non-hydrogen) atoms. The number of carbonyl (C=O) groups is 1. The molecule has 0 amide bonds. The van der Waals surface area contributed by atoms with Crippen LogP contribution in [0.3, 0.4) is 0 Å². The number of pyridine rings is 2. The zero-order valence-corrected chi connectivity index (χ0v) is 33.1. The number of hydrogen-bond donors (Lipinski definition) is 4. The minimum Gasteiger partial charge on any atom is -0.466 e. The van der Waals surface area contributed by atoms with Crippen molar-refractivity contribution in [1.82, 2.24) is 29.9 Å². The number of benzene rings is 2. The van der Waals surface area contributed by atoms with E-state index in [1.165, 1.54) is 0 Å². The van der Waals surface area contributed by atoms with Crippen LogP contribution in [0.1, 0.15) is 19.8 Å². The number of methoxy groups -OCH3 is 1. The summed E-state index contributed by atoms with van der Waals surface area (Å²) in [5, 5.41) is 14.3. The van der Waals surface area contributed by atoms with Crippen molar-refractivity contribution in [2.75, 3.05) is 67.9 Å². The molecule has 296 valence electrons. The Morgan fingerprint density at radius 2 is 1.18 bits per heavy atom. The van der Waals surface area contributed by atoms with Crippen molar-refractivity contribution in [3.63, 3.8) is 0 Å². The monoisotopic (exact) mass is 810 g/mol. The number of nitrogens with one attached hydrogen (secondary N) is 4. The van der Waals surface area contributed by atoms with E-state index in [-0.39, 0.29) is 5.97 Å². The third kappa shape index (κ3) is 14.9. The lowest BCUT2D eigenvalue weighted by molar-refractivity contribution is -0.143. The van der Waals surface area contributed by atoms with Crippen molar-refractivity contribution >= 4 is 63.6 Å². The van der Waals surface area contributed by atoms with Gasteiger partial charge in [-0.1, -0.05) is 35.3 Å². The molecule has 0 aliphatic carbocycles. The van der Waals surface area contributed by atoms with Gasteiger partial charge in [0.05, 0.1) is 74.0 Å². The number of esters is 1. The number of ether oxygens (including phenoxy) is 3. The van der Waals surface area contributed by atoms with E-state index < -0.39 is 0 Å². The molecule has 0 aliphatic heterocycles. The Bertz CT molecular complexity index is 2160. The molecule has 2 aromatic carbocycles. The van der Waals surface area contributed by atoms with E-state index in [1.54, 1.807) is 63.6 Å². The van der Waals surface area contributed by atoms with Gasteiger partial charge >= 0.3 is 5.97 Å². The van der Waals surface area contributed by atoms with Gasteiger partial charge in [0.2, 0.25) is 0 Å². The highest BCUT2D eigenvalue weighted by Gasteiger charge is 2.08. The zero-order chi connectivity index (χ0) is 40.1. The summed E-state index contributed by atoms with van der Waals surface area (Å²) >= 11 is 12.1. The second-order valence-corrected chi connectivity index (χ2v) is 13.0. The maximum Gasteiger partial charge on any atom is 0.305 e. The Kier molecular flexibility index (Phi) is 17.2. The van der Waals surface area contributed by atoms with Crippen LogP contribution >= 0.6 is 23.2 Å². The molecule has 16 heteroatoms. The van der Waals surface area contributed by atoms with E-state index in [2.05, 4.69) is 51.2 Å². The maximum atomic E-state index is 11.4. The van der Waals surface area contributed by atoms with Crippen LogP contribution in [-0.4, -0.2) is 82.5 Å². The standard InChI is InChI=1S/C21H22ClN5O2.C20H22ClN5O2/c1-2-29-21(28)7-4-8-25-18-9-15(11-23-12-18)19-13-24-14-20(27-19)26-17-6-3-5-16(22)10-17;1-27-7-8-28-6-5-24-18-9-15(11-22-12-18)19-13-23-14-20(26-19)25-17-4-2-3-16(21)10-17/h3,5-6,9-14,25H,2,4,7-8H2,1H3,(H,26,27);2-4,9-14,24H,5-8H2,1H3,(H,25,26). The first-order chi connectivity index (χ1) is 27.9. The molecular formula is C41H44Cl2N10O4. The second-order valence-electron chi connectivity index (χ2n) is 12.1. The Balaban J connectivity index is 0.000000218. The molecule has 6 aromatic rings. The van der Waals surface area contributed by atoms with Crippen LogP contribution in [0.4, 0.5) is 34.4 Å². The molecule has 0 fully saturated rings. The fraction of sp³-hybridized carbons (Fsp3) is 0.244. The number of carbonyl (C=O) groups excluding carboxylic acids is 1. The van der Waals surface area contributed by atoms with Gasteiger partial charge in [0.1, 0.15) is 11.6 Å². The fourth-order valence-corrected chi connectivity index (χ4v) is 5.50. The van der Waals surface area contributed by atoms with E-state index in [1.807, 2.05) is 60.7 Å². The summed E-state index contributed by atoms with van der Waals surface area (Å²) in [5.74, 6) is 1.06. The Morgan fingerprint density at radius 3 is 1.70 bits per heavy atom. The van der Waals surface area contributed by atoms with Crippen LogP contribution in [0, 0.1) is 0 Å². The average Bonchev–Trinajstić information content (AvgIpc) is 3.22. The molecule has 0 bridgehead atoms. The molecule has 0 radical (unpaired) electrons. The van der Waals surface area contributed by atoms with Crippen LogP contribution in [-0.2, 0) is 19.0 Å². The van der Waals surface area contributed by atoms with Gasteiger partial charge in [0.25, 0.3) is 0 Å². The zero-order valence-electron chi connectivity index (χ0n) is 31.6. The largest absolute Gasteiger partial charge is 0.466 e. The number of hydrogen-bond acceptors (Lipinski definition) is 14. The number of aromatic nitrogens is 6. The van der Waals surface area contributed by atoms with Crippen molar-refractivity contribution in [2.24, 2.45) is 0 Å². The fourth-order valence-electron chi connectivity index (χ4n) is 5.12. The summed E-state index contributed by atoms with van der Waals surface area (Å²) in [6, 6.07) is 18.8. The molecule has 0 unspecified atom stereocenters. The molecule has 0 spiro atoms. The SMILES string of the molecule is CCOC(=O)CCCNc1cncc(-c2cncc(Nc3cccc(Cl)c3)n2)c1.COCCOCCNc1cncc(-c2cncc(Nc3cccc(Cl)c3)n2)c1. The highest BCUT2D eigenvalue weighted by atomic mass is 35.5. The molecule has 4 heterocycles. The highest BCUT2D eigenvalue weighted by molar-refractivity contribution is 6.31. The first-order valence-corrected chi connectivity index (χ1v) is 18.9. The molecule has 0 saturated carbocycles. The Morgan fingerprint density at radius 1 is 0.632 bits per heavy atom. The molecule has 0 atom stereocenters. The maximum absolute atomic E-state index is 11.4. The normalized spacial score (nSPS) is 10.5. The molecule has 0 aliphatic rings. The molecule has 6 rings (SSSR count). The van der Waals surface area contributed by atoms with Crippen LogP contribution < -0.4 is 21.3 Å². The lowest BCUT2D eigenvalue weighted by Crippen LogP contribution is -2.12. The number of rotatable bonds is 19. The van der Waals surface area contributed by atoms with E-state index in [4.69, 9.17) is 37.4 Å². The number of anilines is 6. The Hall–Kier alpha value is -5.93. The van der Waals surface area contributed by atoms with Crippen molar-refractivity contribution in [3.05, 3.63) is 120 Å². The van der Waals surface area contributed by atoms with E-state index >= 15 is 0 Å². The van der Waals surface area contributed by atoms with Gasteiger partial charge in [-0.05, 0) is 61.9 Å². The van der Waals surface area contributed by atoms with E-state index in [0.29, 0.717) is 79.7 Å². The van der Waals surface area contributed by atoms with Gasteiger partial charge in [-0.15, -0.1) is 0 Å². The molecule has 4 aromatic heterocycles. The van der Waals surface area contributed by atoms with Crippen molar-refractivity contribution in [3.8, 4) is 22.5 Å².